The highest BCUT2D eigenvalue weighted by atomic mass is 35.5. The number of carbonyl (C=O) groups excluding carboxylic acids is 1. The summed E-state index contributed by atoms with van der Waals surface area (Å²) in [6, 6.07) is 12.7. The number of benzene rings is 2. The van der Waals surface area contributed by atoms with Crippen LogP contribution in [0, 0.1) is 11.3 Å². The van der Waals surface area contributed by atoms with E-state index < -0.39 is 0 Å². The van der Waals surface area contributed by atoms with Crippen LogP contribution in [0.25, 0.3) is 10.9 Å². The first-order chi connectivity index (χ1) is 16.8. The Kier molecular flexibility index (Phi) is 5.83. The van der Waals surface area contributed by atoms with Crippen molar-refractivity contribution in [3.05, 3.63) is 86.7 Å². The third kappa shape index (κ3) is 4.29. The second-order valence-electron chi connectivity index (χ2n) is 8.88. The average Bonchev–Trinajstić information content (AvgIpc) is 3.33. The maximum Gasteiger partial charge on any atom is 0.273 e. The van der Waals surface area contributed by atoms with Crippen molar-refractivity contribution >= 4 is 28.4 Å². The Morgan fingerprint density at radius 1 is 1.26 bits per heavy atom. The quantitative estimate of drug-likeness (QED) is 0.461. The van der Waals surface area contributed by atoms with Crippen molar-refractivity contribution in [3.63, 3.8) is 0 Å². The van der Waals surface area contributed by atoms with Gasteiger partial charge in [-0.1, -0.05) is 22.9 Å². The van der Waals surface area contributed by atoms with Crippen LogP contribution in [0.1, 0.15) is 58.9 Å². The summed E-state index contributed by atoms with van der Waals surface area (Å²) >= 11 is 6.10. The number of amides is 1. The zero-order valence-corrected chi connectivity index (χ0v) is 19.9. The van der Waals surface area contributed by atoms with E-state index in [0.29, 0.717) is 21.5 Å². The molecule has 0 bridgehead atoms. The molecule has 0 saturated heterocycles. The average molecular weight is 488 g/mol. The van der Waals surface area contributed by atoms with Gasteiger partial charge in [-0.3, -0.25) is 9.59 Å². The van der Waals surface area contributed by atoms with Crippen molar-refractivity contribution in [2.24, 2.45) is 7.05 Å². The second kappa shape index (κ2) is 8.96. The number of halogens is 1. The molecule has 0 radical (unpaired) electrons. The molecule has 5 rings (SSSR count). The van der Waals surface area contributed by atoms with Crippen molar-refractivity contribution in [2.45, 2.75) is 37.8 Å². The lowest BCUT2D eigenvalue weighted by molar-refractivity contribution is 0.0903. The fraction of sp³-hybridized carbons (Fsp3) is 0.280. The Labute approximate surface area is 206 Å². The van der Waals surface area contributed by atoms with Crippen molar-refractivity contribution in [1.82, 2.24) is 29.9 Å². The zero-order valence-electron chi connectivity index (χ0n) is 19.1. The second-order valence-corrected chi connectivity index (χ2v) is 9.32. The number of nitrogens with zero attached hydrogens (tertiary/aromatic N) is 6. The Bertz CT molecular complexity index is 1550. The molecular weight excluding hydrogens is 466 g/mol. The SMILES string of the molecule is C[C@H](c1ccc2ncn(C)c(=O)c2c1)n1cc(C(=O)NC2CC(c3cc(Cl)ccc3C#N)C2)nn1. The van der Waals surface area contributed by atoms with Crippen LogP contribution in [0.3, 0.4) is 0 Å². The first-order valence-corrected chi connectivity index (χ1v) is 11.6. The summed E-state index contributed by atoms with van der Waals surface area (Å²) in [6.45, 7) is 1.92. The predicted octanol–water partition coefficient (Wildman–Crippen LogP) is 3.34. The normalized spacial score (nSPS) is 18.0. The summed E-state index contributed by atoms with van der Waals surface area (Å²) in [4.78, 5) is 29.5. The van der Waals surface area contributed by atoms with Crippen LogP contribution < -0.4 is 10.9 Å². The molecule has 2 aromatic carbocycles. The summed E-state index contributed by atoms with van der Waals surface area (Å²) in [5, 5.41) is 21.6. The van der Waals surface area contributed by atoms with Crippen molar-refractivity contribution < 1.29 is 4.79 Å². The van der Waals surface area contributed by atoms with E-state index in [1.807, 2.05) is 19.1 Å². The van der Waals surface area contributed by atoms with E-state index in [1.54, 1.807) is 42.2 Å². The molecule has 4 aromatic rings. The molecule has 1 fully saturated rings. The molecule has 1 aliphatic carbocycles. The molecule has 0 unspecified atom stereocenters. The van der Waals surface area contributed by atoms with Gasteiger partial charge in [0.1, 0.15) is 0 Å². The van der Waals surface area contributed by atoms with Crippen LogP contribution in [0.15, 0.2) is 53.7 Å². The van der Waals surface area contributed by atoms with E-state index in [9.17, 15) is 14.9 Å². The summed E-state index contributed by atoms with van der Waals surface area (Å²) in [7, 11) is 1.66. The van der Waals surface area contributed by atoms with Gasteiger partial charge in [-0.25, -0.2) is 9.67 Å². The maximum atomic E-state index is 12.7. The minimum atomic E-state index is -0.296. The van der Waals surface area contributed by atoms with Gasteiger partial charge in [0.2, 0.25) is 0 Å². The van der Waals surface area contributed by atoms with E-state index in [2.05, 4.69) is 26.7 Å². The topological polar surface area (TPSA) is 118 Å². The van der Waals surface area contributed by atoms with Gasteiger partial charge in [-0.05, 0) is 67.1 Å². The Hall–Kier alpha value is -4.03. The van der Waals surface area contributed by atoms with Crippen molar-refractivity contribution in [3.8, 4) is 6.07 Å². The van der Waals surface area contributed by atoms with Crippen LogP contribution in [0.4, 0.5) is 0 Å². The molecule has 1 atom stereocenters. The lowest BCUT2D eigenvalue weighted by Crippen LogP contribution is -2.43. The van der Waals surface area contributed by atoms with Crippen LogP contribution in [0.2, 0.25) is 5.02 Å². The Morgan fingerprint density at radius 2 is 2.06 bits per heavy atom. The first kappa shape index (κ1) is 22.7. The number of hydrogen-bond donors (Lipinski definition) is 1. The van der Waals surface area contributed by atoms with E-state index in [0.717, 1.165) is 24.0 Å². The number of hydrogen-bond acceptors (Lipinski definition) is 6. The third-order valence-corrected chi connectivity index (χ3v) is 6.85. The molecule has 2 aromatic heterocycles. The van der Waals surface area contributed by atoms with E-state index in [4.69, 9.17) is 11.6 Å². The molecule has 9 nitrogen and oxygen atoms in total. The summed E-state index contributed by atoms with van der Waals surface area (Å²) in [5.74, 6) is -0.116. The lowest BCUT2D eigenvalue weighted by Gasteiger charge is -2.36. The van der Waals surface area contributed by atoms with E-state index in [1.165, 1.54) is 10.9 Å². The fourth-order valence-corrected chi connectivity index (χ4v) is 4.61. The molecule has 1 N–H and O–H groups in total. The third-order valence-electron chi connectivity index (χ3n) is 6.61. The standard InChI is InChI=1S/C25H22ClN7O2/c1-14(15-4-6-22-21(9-15)25(35)32(2)13-28-22)33-12-23(30-31-33)24(34)29-19-7-17(8-19)20-10-18(26)5-3-16(20)11-27/h3-6,9-10,12-14,17,19H,7-8H2,1-2H3,(H,29,34)/t14-,17?,19?/m1/s1. The Balaban J connectivity index is 1.26. The van der Waals surface area contributed by atoms with E-state index >= 15 is 0 Å². The van der Waals surface area contributed by atoms with Gasteiger partial charge in [0, 0.05) is 18.1 Å². The number of aromatic nitrogens is 5. The molecule has 2 heterocycles. The molecule has 1 amide bonds. The highest BCUT2D eigenvalue weighted by Crippen LogP contribution is 2.39. The highest BCUT2D eigenvalue weighted by Gasteiger charge is 2.33. The molecule has 0 aliphatic heterocycles. The number of aryl methyl sites for hydroxylation is 1. The zero-order chi connectivity index (χ0) is 24.7. The van der Waals surface area contributed by atoms with Crippen LogP contribution in [-0.4, -0.2) is 36.5 Å². The molecule has 1 aliphatic rings. The van der Waals surface area contributed by atoms with Gasteiger partial charge >= 0.3 is 0 Å². The van der Waals surface area contributed by atoms with Crippen LogP contribution in [-0.2, 0) is 7.05 Å². The van der Waals surface area contributed by atoms with Crippen molar-refractivity contribution in [2.75, 3.05) is 0 Å². The highest BCUT2D eigenvalue weighted by molar-refractivity contribution is 6.30. The monoisotopic (exact) mass is 487 g/mol. The predicted molar refractivity (Wildman–Crippen MR) is 130 cm³/mol. The molecule has 1 saturated carbocycles. The van der Waals surface area contributed by atoms with Gasteiger partial charge < -0.3 is 9.88 Å². The molecule has 176 valence electrons. The molecular formula is C25H22ClN7O2. The van der Waals surface area contributed by atoms with Gasteiger partial charge in [0.15, 0.2) is 5.69 Å². The number of nitrogens with one attached hydrogen (secondary N) is 1. The fourth-order valence-electron chi connectivity index (χ4n) is 4.43. The summed E-state index contributed by atoms with van der Waals surface area (Å²) in [6.07, 6.45) is 4.56. The van der Waals surface area contributed by atoms with E-state index in [-0.39, 0.29) is 35.2 Å². The summed E-state index contributed by atoms with van der Waals surface area (Å²) in [5.41, 5.74) is 3.12. The van der Waals surface area contributed by atoms with Crippen molar-refractivity contribution in [1.29, 1.82) is 5.26 Å². The van der Waals surface area contributed by atoms with Gasteiger partial charge in [0.05, 0.1) is 41.1 Å². The van der Waals surface area contributed by atoms with Crippen LogP contribution >= 0.6 is 11.6 Å². The van der Waals surface area contributed by atoms with Gasteiger partial charge in [-0.2, -0.15) is 5.26 Å². The largest absolute Gasteiger partial charge is 0.348 e. The minimum Gasteiger partial charge on any atom is -0.348 e. The Morgan fingerprint density at radius 3 is 2.83 bits per heavy atom. The molecule has 10 heteroatoms. The number of rotatable bonds is 5. The molecule has 35 heavy (non-hydrogen) atoms. The van der Waals surface area contributed by atoms with Crippen LogP contribution in [0.5, 0.6) is 0 Å². The molecule has 0 spiro atoms. The minimum absolute atomic E-state index is 0.00944. The lowest BCUT2D eigenvalue weighted by atomic mass is 9.74. The number of carbonyl (C=O) groups is 1. The van der Waals surface area contributed by atoms with Gasteiger partial charge in [0.25, 0.3) is 11.5 Å². The number of nitriles is 1. The first-order valence-electron chi connectivity index (χ1n) is 11.2. The number of fused-ring (bicyclic) bond motifs is 1. The van der Waals surface area contributed by atoms with Gasteiger partial charge in [-0.15, -0.1) is 5.10 Å². The maximum absolute atomic E-state index is 12.7. The smallest absolute Gasteiger partial charge is 0.273 e. The summed E-state index contributed by atoms with van der Waals surface area (Å²) < 4.78 is 3.04.